The molecule has 1 amide bonds. The van der Waals surface area contributed by atoms with Crippen LogP contribution in [0.4, 0.5) is 15.0 Å². The molecule has 3 saturated heterocycles. The summed E-state index contributed by atoms with van der Waals surface area (Å²) in [6.07, 6.45) is 7.66. The lowest BCUT2D eigenvalue weighted by molar-refractivity contribution is 0.0472. The molecule has 2 unspecified atom stereocenters. The molecule has 0 spiro atoms. The number of ether oxygens (including phenoxy) is 2. The summed E-state index contributed by atoms with van der Waals surface area (Å²) in [5.41, 5.74) is -0.400. The first kappa shape index (κ1) is 25.8. The van der Waals surface area contributed by atoms with Gasteiger partial charge in [-0.15, -0.1) is 0 Å². The number of carbonyl (C=O) groups is 1. The van der Waals surface area contributed by atoms with Crippen LogP contribution in [0.5, 0.6) is 6.01 Å². The zero-order chi connectivity index (χ0) is 26.7. The lowest BCUT2D eigenvalue weighted by atomic mass is 9.92. The average molecular weight is 547 g/mol. The van der Waals surface area contributed by atoms with Gasteiger partial charge in [0.1, 0.15) is 23.5 Å². The molecule has 0 aromatic carbocycles. The highest BCUT2D eigenvalue weighted by atomic mass is 35.5. The van der Waals surface area contributed by atoms with Gasteiger partial charge >= 0.3 is 12.1 Å². The van der Waals surface area contributed by atoms with E-state index in [1.807, 2.05) is 20.8 Å². The number of amides is 1. The van der Waals surface area contributed by atoms with E-state index in [4.69, 9.17) is 26.1 Å². The number of carbonyl (C=O) groups excluding carboxylic acids is 1. The van der Waals surface area contributed by atoms with E-state index in [2.05, 4.69) is 25.1 Å². The smallest absolute Gasteiger partial charge is 0.407 e. The lowest BCUT2D eigenvalue weighted by Crippen LogP contribution is -2.53. The third-order valence-electron chi connectivity index (χ3n) is 8.70. The van der Waals surface area contributed by atoms with Crippen LogP contribution in [-0.4, -0.2) is 75.9 Å². The SMILES string of the molecule is CC(C)(C)OC(=O)NC1C2CCC1CN(c1nc(OCC34CCCN3CCC4)nc3c(F)c(Cl)ncc13)C2. The molecular weight excluding hydrogens is 511 g/mol. The molecule has 1 aliphatic carbocycles. The Morgan fingerprint density at radius 3 is 2.53 bits per heavy atom. The summed E-state index contributed by atoms with van der Waals surface area (Å²) >= 11 is 6.04. The van der Waals surface area contributed by atoms with Crippen LogP contribution in [0.1, 0.15) is 59.3 Å². The lowest BCUT2D eigenvalue weighted by Gasteiger charge is -2.39. The highest BCUT2D eigenvalue weighted by molar-refractivity contribution is 6.30. The van der Waals surface area contributed by atoms with E-state index in [1.165, 1.54) is 0 Å². The minimum absolute atomic E-state index is 0.0255. The summed E-state index contributed by atoms with van der Waals surface area (Å²) < 4.78 is 26.9. The Bertz CT molecular complexity index is 1220. The third-order valence-corrected chi connectivity index (χ3v) is 8.96. The second-order valence-corrected chi connectivity index (χ2v) is 12.7. The van der Waals surface area contributed by atoms with Crippen molar-refractivity contribution in [3.05, 3.63) is 17.2 Å². The Hall–Kier alpha value is -2.46. The molecule has 1 saturated carbocycles. The van der Waals surface area contributed by atoms with Crippen LogP contribution in [0.15, 0.2) is 6.20 Å². The van der Waals surface area contributed by atoms with Crippen molar-refractivity contribution in [3.63, 3.8) is 0 Å². The topological polar surface area (TPSA) is 92.7 Å². The van der Waals surface area contributed by atoms with Gasteiger partial charge in [0.2, 0.25) is 0 Å². The highest BCUT2D eigenvalue weighted by Gasteiger charge is 2.46. The first-order valence-electron chi connectivity index (χ1n) is 13.8. The number of halogens is 2. The number of piperidine rings is 1. The van der Waals surface area contributed by atoms with Crippen molar-refractivity contribution in [1.29, 1.82) is 0 Å². The van der Waals surface area contributed by atoms with Crippen LogP contribution >= 0.6 is 11.6 Å². The zero-order valence-electron chi connectivity index (χ0n) is 22.3. The van der Waals surface area contributed by atoms with Gasteiger partial charge in [-0.1, -0.05) is 11.6 Å². The molecule has 2 bridgehead atoms. The van der Waals surface area contributed by atoms with E-state index in [0.717, 1.165) is 51.6 Å². The van der Waals surface area contributed by atoms with Crippen LogP contribution < -0.4 is 15.0 Å². The average Bonchev–Trinajstić information content (AvgIpc) is 3.49. The molecule has 4 fully saturated rings. The highest BCUT2D eigenvalue weighted by Crippen LogP contribution is 2.42. The number of alkyl carbamates (subject to hydrolysis) is 1. The second-order valence-electron chi connectivity index (χ2n) is 12.3. The normalized spacial score (nSPS) is 26.6. The number of hydrogen-bond donors (Lipinski definition) is 1. The van der Waals surface area contributed by atoms with Crippen molar-refractivity contribution in [1.82, 2.24) is 25.2 Å². The number of rotatable bonds is 5. The quantitative estimate of drug-likeness (QED) is 0.545. The van der Waals surface area contributed by atoms with E-state index in [-0.39, 0.29) is 46.2 Å². The summed E-state index contributed by atoms with van der Waals surface area (Å²) in [4.78, 5) is 30.5. The molecule has 2 aromatic heterocycles. The number of nitrogens with one attached hydrogen (secondary N) is 1. The summed E-state index contributed by atoms with van der Waals surface area (Å²) in [6, 6.07) is 0.201. The van der Waals surface area contributed by atoms with Crippen molar-refractivity contribution in [2.45, 2.75) is 76.5 Å². The second kappa shape index (κ2) is 9.62. The standard InChI is InChI=1S/C27H36ClFN6O3/c1-26(2,3)38-25(36)32-20-16-6-7-17(20)14-34(13-16)23-18-12-30-22(28)19(29)21(18)31-24(33-23)37-15-27-8-4-10-35(27)11-5-9-27/h12,16-17,20H,4-11,13-15H2,1-3H3,(H,32,36). The van der Waals surface area contributed by atoms with Gasteiger partial charge < -0.3 is 19.7 Å². The molecule has 3 aliphatic heterocycles. The monoisotopic (exact) mass is 546 g/mol. The van der Waals surface area contributed by atoms with Gasteiger partial charge in [-0.3, -0.25) is 4.90 Å². The summed E-state index contributed by atoms with van der Waals surface area (Å²) in [7, 11) is 0. The van der Waals surface area contributed by atoms with E-state index in [0.29, 0.717) is 30.9 Å². The molecule has 5 heterocycles. The molecule has 0 radical (unpaired) electrons. The maximum Gasteiger partial charge on any atom is 0.407 e. The number of nitrogens with zero attached hydrogens (tertiary/aromatic N) is 5. The van der Waals surface area contributed by atoms with Crippen LogP contribution in [-0.2, 0) is 4.74 Å². The fourth-order valence-electron chi connectivity index (χ4n) is 7.04. The van der Waals surface area contributed by atoms with Crippen LogP contribution in [0.25, 0.3) is 10.9 Å². The van der Waals surface area contributed by atoms with Gasteiger partial charge in [0.15, 0.2) is 11.0 Å². The molecule has 6 rings (SSSR count). The maximum atomic E-state index is 15.2. The predicted octanol–water partition coefficient (Wildman–Crippen LogP) is 4.56. The van der Waals surface area contributed by atoms with Crippen molar-refractivity contribution < 1.29 is 18.7 Å². The van der Waals surface area contributed by atoms with Gasteiger partial charge in [-0.05, 0) is 84.2 Å². The summed E-state index contributed by atoms with van der Waals surface area (Å²) in [6.45, 7) is 9.61. The van der Waals surface area contributed by atoms with E-state index >= 15 is 4.39 Å². The van der Waals surface area contributed by atoms with Gasteiger partial charge in [-0.2, -0.15) is 9.97 Å². The Morgan fingerprint density at radius 2 is 1.87 bits per heavy atom. The van der Waals surface area contributed by atoms with Gasteiger partial charge in [0.05, 0.1) is 10.9 Å². The summed E-state index contributed by atoms with van der Waals surface area (Å²) in [5, 5.41) is 3.40. The molecule has 4 aliphatic rings. The fraction of sp³-hybridized carbons (Fsp3) is 0.704. The number of hydrogen-bond acceptors (Lipinski definition) is 8. The molecule has 1 N–H and O–H groups in total. The molecule has 206 valence electrons. The number of anilines is 1. The number of aromatic nitrogens is 3. The molecule has 11 heteroatoms. The fourth-order valence-corrected chi connectivity index (χ4v) is 7.18. The van der Waals surface area contributed by atoms with Gasteiger partial charge in [0, 0.05) is 25.3 Å². The predicted molar refractivity (Wildman–Crippen MR) is 142 cm³/mol. The zero-order valence-corrected chi connectivity index (χ0v) is 23.1. The van der Waals surface area contributed by atoms with Gasteiger partial charge in [-0.25, -0.2) is 14.2 Å². The van der Waals surface area contributed by atoms with E-state index in [1.54, 1.807) is 6.20 Å². The van der Waals surface area contributed by atoms with Crippen molar-refractivity contribution in [2.24, 2.45) is 11.8 Å². The molecule has 9 nitrogen and oxygen atoms in total. The third kappa shape index (κ3) is 4.74. The van der Waals surface area contributed by atoms with Crippen LogP contribution in [0, 0.1) is 17.7 Å². The van der Waals surface area contributed by atoms with Crippen molar-refractivity contribution >= 4 is 34.4 Å². The molecule has 2 aromatic rings. The van der Waals surface area contributed by atoms with E-state index in [9.17, 15) is 4.79 Å². The first-order chi connectivity index (χ1) is 18.1. The Kier molecular flexibility index (Phi) is 6.53. The molecule has 2 atom stereocenters. The first-order valence-corrected chi connectivity index (χ1v) is 14.1. The van der Waals surface area contributed by atoms with Gasteiger partial charge in [0.25, 0.3) is 0 Å². The van der Waals surface area contributed by atoms with Crippen LogP contribution in [0.2, 0.25) is 5.15 Å². The largest absolute Gasteiger partial charge is 0.461 e. The minimum atomic E-state index is -0.663. The number of fused-ring (bicyclic) bond motifs is 4. The Labute approximate surface area is 227 Å². The minimum Gasteiger partial charge on any atom is -0.461 e. The van der Waals surface area contributed by atoms with Crippen molar-refractivity contribution in [2.75, 3.05) is 37.7 Å². The Morgan fingerprint density at radius 1 is 1.18 bits per heavy atom. The molecule has 38 heavy (non-hydrogen) atoms. The summed E-state index contributed by atoms with van der Waals surface area (Å²) in [5.74, 6) is 0.395. The molecular formula is C27H36ClFN6O3. The van der Waals surface area contributed by atoms with E-state index < -0.39 is 11.4 Å². The Balaban J connectivity index is 1.26. The van der Waals surface area contributed by atoms with Crippen LogP contribution in [0.3, 0.4) is 0 Å². The van der Waals surface area contributed by atoms with Crippen molar-refractivity contribution in [3.8, 4) is 6.01 Å². The maximum absolute atomic E-state index is 15.2. The number of pyridine rings is 1.